The third kappa shape index (κ3) is 5.92. The predicted molar refractivity (Wildman–Crippen MR) is 140 cm³/mol. The van der Waals surface area contributed by atoms with Gasteiger partial charge in [0.25, 0.3) is 5.91 Å². The number of nitrogens with zero attached hydrogens (tertiary/aromatic N) is 2. The number of rotatable bonds is 7. The molecular weight excluding hydrogens is 455 g/mol. The zero-order chi connectivity index (χ0) is 25.1. The first-order valence-corrected chi connectivity index (χ1v) is 13.6. The number of piperidine rings is 2. The quantitative estimate of drug-likeness (QED) is 0.562. The lowest BCUT2D eigenvalue weighted by molar-refractivity contribution is 0.0470. The molecule has 36 heavy (non-hydrogen) atoms. The molecule has 0 unspecified atom stereocenters. The SMILES string of the molecule is CC1(CN2CCC(COc3ccc(-c4ccc(C(=O)N5CCC[C@H](O)C5)c(F)c4)cc3)CC2)CCC1. The molecule has 2 heterocycles. The number of benzene rings is 2. The van der Waals surface area contributed by atoms with Crippen molar-refractivity contribution in [2.75, 3.05) is 39.3 Å². The molecule has 1 atom stereocenters. The third-order valence-electron chi connectivity index (χ3n) is 8.43. The van der Waals surface area contributed by atoms with Gasteiger partial charge >= 0.3 is 0 Å². The molecule has 5 rings (SSSR count). The van der Waals surface area contributed by atoms with Crippen LogP contribution in [-0.4, -0.2) is 66.2 Å². The maximum absolute atomic E-state index is 14.8. The van der Waals surface area contributed by atoms with Crippen LogP contribution in [0.4, 0.5) is 4.39 Å². The Hall–Kier alpha value is -2.44. The fourth-order valence-electron chi connectivity index (χ4n) is 5.92. The monoisotopic (exact) mass is 494 g/mol. The summed E-state index contributed by atoms with van der Waals surface area (Å²) < 4.78 is 20.9. The number of carbonyl (C=O) groups is 1. The molecule has 2 aromatic rings. The summed E-state index contributed by atoms with van der Waals surface area (Å²) in [7, 11) is 0. The van der Waals surface area contributed by atoms with Crippen LogP contribution in [0.2, 0.25) is 0 Å². The fourth-order valence-corrected chi connectivity index (χ4v) is 5.92. The van der Waals surface area contributed by atoms with E-state index in [1.165, 1.54) is 62.7 Å². The zero-order valence-electron chi connectivity index (χ0n) is 21.4. The van der Waals surface area contributed by atoms with Gasteiger partial charge in [-0.2, -0.15) is 0 Å². The zero-order valence-corrected chi connectivity index (χ0v) is 21.4. The van der Waals surface area contributed by atoms with Gasteiger partial charge in [0.2, 0.25) is 0 Å². The Balaban J connectivity index is 1.12. The predicted octanol–water partition coefficient (Wildman–Crippen LogP) is 5.37. The van der Waals surface area contributed by atoms with Gasteiger partial charge in [0.15, 0.2) is 0 Å². The van der Waals surface area contributed by atoms with Gasteiger partial charge in [0, 0.05) is 19.6 Å². The maximum atomic E-state index is 14.8. The molecule has 0 spiro atoms. The maximum Gasteiger partial charge on any atom is 0.256 e. The lowest BCUT2D eigenvalue weighted by atomic mass is 9.70. The van der Waals surface area contributed by atoms with E-state index in [0.717, 1.165) is 29.9 Å². The van der Waals surface area contributed by atoms with Crippen molar-refractivity contribution >= 4 is 5.91 Å². The normalized spacial score (nSPS) is 22.8. The van der Waals surface area contributed by atoms with Gasteiger partial charge in [-0.15, -0.1) is 0 Å². The van der Waals surface area contributed by atoms with Gasteiger partial charge in [-0.1, -0.05) is 31.5 Å². The molecule has 0 aromatic heterocycles. The van der Waals surface area contributed by atoms with Gasteiger partial charge < -0.3 is 19.6 Å². The van der Waals surface area contributed by atoms with Crippen molar-refractivity contribution in [1.82, 2.24) is 9.80 Å². The average molecular weight is 495 g/mol. The summed E-state index contributed by atoms with van der Waals surface area (Å²) in [6.07, 6.45) is 7.42. The second kappa shape index (κ2) is 10.9. The Kier molecular flexibility index (Phi) is 7.63. The van der Waals surface area contributed by atoms with Crippen molar-refractivity contribution < 1.29 is 19.0 Å². The topological polar surface area (TPSA) is 53.0 Å². The van der Waals surface area contributed by atoms with Crippen LogP contribution in [0.15, 0.2) is 42.5 Å². The van der Waals surface area contributed by atoms with Crippen LogP contribution in [0, 0.1) is 17.2 Å². The minimum Gasteiger partial charge on any atom is -0.493 e. The lowest BCUT2D eigenvalue weighted by Crippen LogP contribution is -2.44. The summed E-state index contributed by atoms with van der Waals surface area (Å²) in [6, 6.07) is 12.5. The number of β-amino-alcohol motifs (C(OH)–C–C–N with tert-alkyl or cyclic N) is 1. The number of hydrogen-bond donors (Lipinski definition) is 1. The second-order valence-electron chi connectivity index (χ2n) is 11.5. The highest BCUT2D eigenvalue weighted by Gasteiger charge is 2.34. The molecule has 2 aromatic carbocycles. The summed E-state index contributed by atoms with van der Waals surface area (Å²) in [4.78, 5) is 16.9. The Labute approximate surface area is 214 Å². The fraction of sp³-hybridized carbons (Fsp3) is 0.567. The highest BCUT2D eigenvalue weighted by Crippen LogP contribution is 2.41. The molecule has 194 valence electrons. The second-order valence-corrected chi connectivity index (χ2v) is 11.5. The van der Waals surface area contributed by atoms with E-state index in [9.17, 15) is 14.3 Å². The number of amides is 1. The Bertz CT molecular complexity index is 1040. The molecule has 1 amide bonds. The third-order valence-corrected chi connectivity index (χ3v) is 8.43. The number of hydrogen-bond acceptors (Lipinski definition) is 4. The highest BCUT2D eigenvalue weighted by atomic mass is 19.1. The standard InChI is InChI=1S/C30H39FN2O3/c1-30(13-3-14-30)21-32-16-11-22(12-17-32)20-36-26-8-5-23(6-9-26)24-7-10-27(28(31)18-24)29(35)33-15-2-4-25(34)19-33/h5-10,18,22,25,34H,2-4,11-17,19-21H2,1H3/t25-/m0/s1. The molecule has 0 bridgehead atoms. The molecule has 3 aliphatic rings. The van der Waals surface area contributed by atoms with Crippen LogP contribution >= 0.6 is 0 Å². The van der Waals surface area contributed by atoms with Crippen LogP contribution in [0.1, 0.15) is 62.2 Å². The van der Waals surface area contributed by atoms with E-state index in [4.69, 9.17) is 4.74 Å². The average Bonchev–Trinajstić information content (AvgIpc) is 2.87. The smallest absolute Gasteiger partial charge is 0.256 e. The summed E-state index contributed by atoms with van der Waals surface area (Å²) in [6.45, 7) is 7.58. The number of aliphatic hydroxyl groups excluding tert-OH is 1. The number of halogens is 1. The summed E-state index contributed by atoms with van der Waals surface area (Å²) >= 11 is 0. The molecule has 3 fully saturated rings. The summed E-state index contributed by atoms with van der Waals surface area (Å²) in [5.74, 6) is 0.537. The molecule has 5 nitrogen and oxygen atoms in total. The van der Waals surface area contributed by atoms with E-state index in [0.29, 0.717) is 24.3 Å². The van der Waals surface area contributed by atoms with Crippen molar-refractivity contribution in [1.29, 1.82) is 0 Å². The van der Waals surface area contributed by atoms with Crippen molar-refractivity contribution in [2.24, 2.45) is 11.3 Å². The number of carbonyl (C=O) groups excluding carboxylic acids is 1. The summed E-state index contributed by atoms with van der Waals surface area (Å²) in [5, 5.41) is 9.83. The molecule has 2 saturated heterocycles. The van der Waals surface area contributed by atoms with Crippen molar-refractivity contribution in [3.05, 3.63) is 53.8 Å². The molecular formula is C30H39FN2O3. The van der Waals surface area contributed by atoms with E-state index in [1.54, 1.807) is 12.1 Å². The van der Waals surface area contributed by atoms with Gasteiger partial charge in [-0.3, -0.25) is 4.79 Å². The van der Waals surface area contributed by atoms with E-state index in [1.807, 2.05) is 24.3 Å². The van der Waals surface area contributed by atoms with Crippen LogP contribution in [0.5, 0.6) is 5.75 Å². The lowest BCUT2D eigenvalue weighted by Gasteiger charge is -2.44. The van der Waals surface area contributed by atoms with Crippen molar-refractivity contribution in [2.45, 2.75) is 58.0 Å². The van der Waals surface area contributed by atoms with Gasteiger partial charge in [0.05, 0.1) is 18.3 Å². The Morgan fingerprint density at radius 3 is 2.39 bits per heavy atom. The van der Waals surface area contributed by atoms with Gasteiger partial charge in [-0.05, 0) is 98.3 Å². The first-order valence-electron chi connectivity index (χ1n) is 13.6. The first-order chi connectivity index (χ1) is 17.4. The number of aliphatic hydroxyl groups is 1. The van der Waals surface area contributed by atoms with Crippen LogP contribution in [-0.2, 0) is 0 Å². The van der Waals surface area contributed by atoms with Gasteiger partial charge in [0.1, 0.15) is 11.6 Å². The van der Waals surface area contributed by atoms with E-state index < -0.39 is 11.9 Å². The van der Waals surface area contributed by atoms with Crippen molar-refractivity contribution in [3.63, 3.8) is 0 Å². The van der Waals surface area contributed by atoms with E-state index in [-0.39, 0.29) is 18.0 Å². The molecule has 0 radical (unpaired) electrons. The largest absolute Gasteiger partial charge is 0.493 e. The minimum absolute atomic E-state index is 0.0562. The molecule has 1 aliphatic carbocycles. The molecule has 1 saturated carbocycles. The van der Waals surface area contributed by atoms with Gasteiger partial charge in [-0.25, -0.2) is 4.39 Å². The van der Waals surface area contributed by atoms with E-state index >= 15 is 0 Å². The molecule has 6 heteroatoms. The van der Waals surface area contributed by atoms with Crippen LogP contribution in [0.25, 0.3) is 11.1 Å². The van der Waals surface area contributed by atoms with Crippen molar-refractivity contribution in [3.8, 4) is 16.9 Å². The molecule has 2 aliphatic heterocycles. The Morgan fingerprint density at radius 2 is 1.75 bits per heavy atom. The number of likely N-dealkylation sites (tertiary alicyclic amines) is 2. The number of ether oxygens (including phenoxy) is 1. The Morgan fingerprint density at radius 1 is 1.03 bits per heavy atom. The van der Waals surface area contributed by atoms with Crippen LogP contribution < -0.4 is 4.74 Å². The minimum atomic E-state index is -0.532. The van der Waals surface area contributed by atoms with Crippen LogP contribution in [0.3, 0.4) is 0 Å². The molecule has 1 N–H and O–H groups in total. The highest BCUT2D eigenvalue weighted by molar-refractivity contribution is 5.95. The first kappa shape index (κ1) is 25.2. The van der Waals surface area contributed by atoms with E-state index in [2.05, 4.69) is 11.8 Å². The summed E-state index contributed by atoms with van der Waals surface area (Å²) in [5.41, 5.74) is 2.22.